The van der Waals surface area contributed by atoms with Gasteiger partial charge in [0.25, 0.3) is 0 Å². The van der Waals surface area contributed by atoms with Crippen molar-refractivity contribution in [1.82, 2.24) is 30.1 Å². The van der Waals surface area contributed by atoms with Crippen molar-refractivity contribution in [3.63, 3.8) is 0 Å². The van der Waals surface area contributed by atoms with Crippen LogP contribution in [-0.4, -0.2) is 96.8 Å². The molecular weight excluding hydrogens is 718 g/mol. The molecule has 8 rings (SSSR count). The summed E-state index contributed by atoms with van der Waals surface area (Å²) in [4.78, 5) is 30.1. The number of likely N-dealkylation sites (N-methyl/N-ethyl adjacent to an activating group) is 1. The zero-order valence-corrected chi connectivity index (χ0v) is 29.4. The van der Waals surface area contributed by atoms with E-state index in [0.717, 1.165) is 30.4 Å². The highest BCUT2D eigenvalue weighted by Crippen LogP contribution is 2.38. The maximum absolute atomic E-state index is 16.7. The monoisotopic (exact) mass is 750 g/mol. The van der Waals surface area contributed by atoms with Crippen molar-refractivity contribution in [2.24, 2.45) is 0 Å². The number of fused-ring (bicyclic) bond motifs is 4. The van der Waals surface area contributed by atoms with Crippen LogP contribution in [0.25, 0.3) is 32.9 Å². The minimum absolute atomic E-state index is 0.00780. The molecule has 2 aromatic heterocycles. The molecule has 0 radical (unpaired) electrons. The SMILES string of the molecule is CN1C[C@H](Oc2cccc(S(=O)(=O)F)c2)C[C@H]1COc1nc(OC(=O)N2C3CCC2CNC3)c2cnc(-c3cccc4cccc(Cl)c34)c(F)c2n1. The summed E-state index contributed by atoms with van der Waals surface area (Å²) in [5.74, 6) is -0.727. The van der Waals surface area contributed by atoms with E-state index in [-0.39, 0.29) is 65.1 Å². The van der Waals surface area contributed by atoms with E-state index in [2.05, 4.69) is 20.3 Å². The molecule has 2 bridgehead atoms. The van der Waals surface area contributed by atoms with Crippen LogP contribution in [0.15, 0.2) is 71.8 Å². The van der Waals surface area contributed by atoms with Crippen LogP contribution in [0.2, 0.25) is 5.02 Å². The lowest BCUT2D eigenvalue weighted by Crippen LogP contribution is -2.55. The zero-order valence-electron chi connectivity index (χ0n) is 27.8. The average molecular weight is 751 g/mol. The van der Waals surface area contributed by atoms with E-state index in [9.17, 15) is 17.1 Å². The molecule has 5 heterocycles. The molecule has 16 heteroatoms. The van der Waals surface area contributed by atoms with Gasteiger partial charge in [-0.1, -0.05) is 48.0 Å². The fourth-order valence-electron chi connectivity index (χ4n) is 7.42. The summed E-state index contributed by atoms with van der Waals surface area (Å²) >= 11 is 6.57. The Hall–Kier alpha value is -4.70. The third-order valence-corrected chi connectivity index (χ3v) is 11.1. The highest BCUT2D eigenvalue weighted by atomic mass is 35.5. The summed E-state index contributed by atoms with van der Waals surface area (Å²) < 4.78 is 70.9. The Balaban J connectivity index is 1.10. The van der Waals surface area contributed by atoms with E-state index in [1.165, 1.54) is 12.3 Å². The smallest absolute Gasteiger partial charge is 0.417 e. The van der Waals surface area contributed by atoms with Gasteiger partial charge in [0, 0.05) is 72.4 Å². The van der Waals surface area contributed by atoms with Crippen molar-refractivity contribution >= 4 is 49.6 Å². The molecule has 5 aromatic rings. The first kappa shape index (κ1) is 34.4. The number of carbonyl (C=O) groups is 1. The van der Waals surface area contributed by atoms with E-state index >= 15 is 4.39 Å². The van der Waals surface area contributed by atoms with Crippen molar-refractivity contribution in [2.45, 2.75) is 48.4 Å². The quantitative estimate of drug-likeness (QED) is 0.194. The van der Waals surface area contributed by atoms with Gasteiger partial charge >= 0.3 is 22.3 Å². The standard InChI is InChI=1S/C36H33ClF2N6O6S/c1-44-18-25(50-24-7-4-8-26(14-24)52(39,47)48)13-23(44)19-49-35-42-33-28(34(43-35)51-36(46)45-21-11-12-22(45)16-40-15-21)17-41-32(31(33)38)27-9-2-5-20-6-3-10-29(37)30(20)27/h2-10,14,17,21-23,25,40H,11-13,15-16,18-19H2,1H3/t21?,22?,23-,25+/m0/s1. The first-order valence-corrected chi connectivity index (χ1v) is 18.6. The van der Waals surface area contributed by atoms with Crippen LogP contribution in [0.5, 0.6) is 17.6 Å². The van der Waals surface area contributed by atoms with Gasteiger partial charge in [0.05, 0.1) is 5.39 Å². The number of halogens is 3. The first-order valence-electron chi connectivity index (χ1n) is 16.8. The van der Waals surface area contributed by atoms with Gasteiger partial charge in [-0.3, -0.25) is 14.8 Å². The third kappa shape index (κ3) is 6.57. The second-order valence-electron chi connectivity index (χ2n) is 13.2. The molecule has 3 saturated heterocycles. The molecule has 2 unspecified atom stereocenters. The van der Waals surface area contributed by atoms with Gasteiger partial charge in [0.2, 0.25) is 5.88 Å². The number of aromatic nitrogens is 3. The number of rotatable bonds is 8. The molecule has 3 aliphatic heterocycles. The Kier molecular flexibility index (Phi) is 9.06. The summed E-state index contributed by atoms with van der Waals surface area (Å²) in [6.07, 6.45) is 2.59. The van der Waals surface area contributed by atoms with Crippen LogP contribution in [0.4, 0.5) is 13.1 Å². The molecule has 0 aliphatic carbocycles. The molecule has 0 spiro atoms. The van der Waals surface area contributed by atoms with Gasteiger partial charge < -0.3 is 19.5 Å². The molecule has 1 amide bonds. The lowest BCUT2D eigenvalue weighted by Gasteiger charge is -2.34. The Morgan fingerprint density at radius 2 is 1.81 bits per heavy atom. The highest BCUT2D eigenvalue weighted by molar-refractivity contribution is 7.86. The molecule has 3 fully saturated rings. The van der Waals surface area contributed by atoms with Gasteiger partial charge in [-0.05, 0) is 43.5 Å². The van der Waals surface area contributed by atoms with E-state index in [4.69, 9.17) is 25.8 Å². The number of amides is 1. The van der Waals surface area contributed by atoms with Crippen LogP contribution in [-0.2, 0) is 10.2 Å². The number of carbonyl (C=O) groups excluding carboxylic acids is 1. The minimum atomic E-state index is -4.89. The van der Waals surface area contributed by atoms with Crippen molar-refractivity contribution in [1.29, 1.82) is 0 Å². The van der Waals surface area contributed by atoms with Crippen LogP contribution in [0.3, 0.4) is 0 Å². The summed E-state index contributed by atoms with van der Waals surface area (Å²) in [7, 11) is -3.02. The number of pyridine rings is 1. The lowest BCUT2D eigenvalue weighted by atomic mass is 10.0. The average Bonchev–Trinajstić information content (AvgIpc) is 3.60. The largest absolute Gasteiger partial charge is 0.489 e. The number of nitrogens with one attached hydrogen (secondary N) is 1. The Bertz CT molecular complexity index is 2300. The van der Waals surface area contributed by atoms with Gasteiger partial charge in [0.1, 0.15) is 34.6 Å². The molecule has 1 N–H and O–H groups in total. The molecule has 52 heavy (non-hydrogen) atoms. The van der Waals surface area contributed by atoms with E-state index < -0.39 is 27.0 Å². The zero-order chi connectivity index (χ0) is 36.1. The summed E-state index contributed by atoms with van der Waals surface area (Å²) in [5, 5.41) is 5.30. The summed E-state index contributed by atoms with van der Waals surface area (Å²) in [5.41, 5.74) is 0.329. The number of nitrogens with zero attached hydrogens (tertiary/aromatic N) is 5. The number of likely N-dealkylation sites (tertiary alicyclic amines) is 1. The lowest BCUT2D eigenvalue weighted by molar-refractivity contribution is 0.113. The molecule has 3 aliphatic rings. The normalized spacial score (nSPS) is 21.9. The van der Waals surface area contributed by atoms with Crippen molar-refractivity contribution in [3.8, 4) is 28.9 Å². The molecule has 12 nitrogen and oxygen atoms in total. The topological polar surface area (TPSA) is 136 Å². The van der Waals surface area contributed by atoms with Gasteiger partial charge in [-0.25, -0.2) is 9.18 Å². The fraction of sp³-hybridized carbons (Fsp3) is 0.333. The number of ether oxygens (including phenoxy) is 3. The van der Waals surface area contributed by atoms with Crippen LogP contribution < -0.4 is 19.5 Å². The molecule has 0 saturated carbocycles. The van der Waals surface area contributed by atoms with Gasteiger partial charge in [-0.15, -0.1) is 3.89 Å². The fourth-order valence-corrected chi connectivity index (χ4v) is 8.20. The minimum Gasteiger partial charge on any atom is -0.489 e. The van der Waals surface area contributed by atoms with Crippen molar-refractivity contribution in [3.05, 3.63) is 77.7 Å². The maximum atomic E-state index is 16.7. The van der Waals surface area contributed by atoms with E-state index in [1.54, 1.807) is 29.2 Å². The van der Waals surface area contributed by atoms with Crippen LogP contribution in [0.1, 0.15) is 19.3 Å². The summed E-state index contributed by atoms with van der Waals surface area (Å²) in [6.45, 7) is 1.83. The maximum Gasteiger partial charge on any atom is 0.417 e. The van der Waals surface area contributed by atoms with Crippen molar-refractivity contribution < 1.29 is 35.7 Å². The highest BCUT2D eigenvalue weighted by Gasteiger charge is 2.41. The number of hydrogen-bond donors (Lipinski definition) is 1. The van der Waals surface area contributed by atoms with Gasteiger partial charge in [0.15, 0.2) is 5.82 Å². The van der Waals surface area contributed by atoms with Crippen molar-refractivity contribution in [2.75, 3.05) is 33.3 Å². The first-order chi connectivity index (χ1) is 25.0. The summed E-state index contributed by atoms with van der Waals surface area (Å²) in [6, 6.07) is 15.6. The van der Waals surface area contributed by atoms with Gasteiger partial charge in [-0.2, -0.15) is 18.4 Å². The Labute approximate surface area is 302 Å². The van der Waals surface area contributed by atoms with E-state index in [0.29, 0.717) is 42.0 Å². The Morgan fingerprint density at radius 3 is 2.58 bits per heavy atom. The number of piperazine rings is 1. The van der Waals surface area contributed by atoms with Crippen LogP contribution in [0, 0.1) is 5.82 Å². The third-order valence-electron chi connectivity index (χ3n) is 9.96. The molecule has 270 valence electrons. The molecular formula is C36H33ClF2N6O6S. The molecule has 3 aromatic carbocycles. The second kappa shape index (κ2) is 13.7. The predicted octanol–water partition coefficient (Wildman–Crippen LogP) is 5.76. The van der Waals surface area contributed by atoms with Crippen LogP contribution >= 0.6 is 11.6 Å². The Morgan fingerprint density at radius 1 is 1.06 bits per heavy atom. The predicted molar refractivity (Wildman–Crippen MR) is 188 cm³/mol. The number of hydrogen-bond acceptors (Lipinski definition) is 11. The second-order valence-corrected chi connectivity index (χ2v) is 15.0. The molecule has 4 atom stereocenters. The van der Waals surface area contributed by atoms with E-state index in [1.807, 2.05) is 30.1 Å². The number of benzene rings is 3.